The van der Waals surface area contributed by atoms with Crippen LogP contribution in [0, 0.1) is 5.92 Å². The Bertz CT molecular complexity index is 382. The smallest absolute Gasteiger partial charge is 0.0514 e. The van der Waals surface area contributed by atoms with Crippen LogP contribution in [0.5, 0.6) is 0 Å². The van der Waals surface area contributed by atoms with Crippen LogP contribution in [0.25, 0.3) is 0 Å². The Labute approximate surface area is 109 Å². The molecule has 3 nitrogen and oxygen atoms in total. The first kappa shape index (κ1) is 12.1. The Morgan fingerprint density at radius 2 is 2.17 bits per heavy atom. The van der Waals surface area contributed by atoms with Gasteiger partial charge in [-0.05, 0) is 50.2 Å². The van der Waals surface area contributed by atoms with Crippen LogP contribution in [-0.4, -0.2) is 28.5 Å². The second-order valence-electron chi connectivity index (χ2n) is 5.96. The summed E-state index contributed by atoms with van der Waals surface area (Å²) >= 11 is 0. The Morgan fingerprint density at radius 3 is 2.67 bits per heavy atom. The Balaban J connectivity index is 1.81. The van der Waals surface area contributed by atoms with Gasteiger partial charge in [0, 0.05) is 31.0 Å². The highest BCUT2D eigenvalue weighted by Gasteiger charge is 2.39. The lowest BCUT2D eigenvalue weighted by Crippen LogP contribution is -2.42. The third-order valence-electron chi connectivity index (χ3n) is 4.06. The van der Waals surface area contributed by atoms with E-state index in [0.29, 0.717) is 6.04 Å². The molecule has 0 aliphatic heterocycles. The quantitative estimate of drug-likeness (QED) is 0.836. The lowest BCUT2D eigenvalue weighted by atomic mass is 10.00. The molecule has 0 spiro atoms. The van der Waals surface area contributed by atoms with E-state index < -0.39 is 0 Å². The normalized spacial score (nSPS) is 23.1. The molecule has 2 aliphatic carbocycles. The first-order valence-corrected chi connectivity index (χ1v) is 7.17. The standard InChI is InChI=1S/C15H23N3/c1-11(16)15(13-3-2-8-17-9-13)18(14-6-7-14)10-12-4-5-12/h2-3,8-9,11-12,14-15H,4-7,10,16H2,1H3. The van der Waals surface area contributed by atoms with Gasteiger partial charge < -0.3 is 5.73 Å². The molecule has 3 rings (SSSR count). The van der Waals surface area contributed by atoms with Gasteiger partial charge in [0.25, 0.3) is 0 Å². The van der Waals surface area contributed by atoms with Crippen LogP contribution >= 0.6 is 0 Å². The van der Waals surface area contributed by atoms with Crippen molar-refractivity contribution in [3.63, 3.8) is 0 Å². The van der Waals surface area contributed by atoms with Crippen LogP contribution < -0.4 is 5.73 Å². The summed E-state index contributed by atoms with van der Waals surface area (Å²) in [6.07, 6.45) is 9.32. The number of rotatable bonds is 6. The van der Waals surface area contributed by atoms with Gasteiger partial charge in [-0.25, -0.2) is 0 Å². The zero-order chi connectivity index (χ0) is 12.5. The lowest BCUT2D eigenvalue weighted by molar-refractivity contribution is 0.158. The first-order valence-electron chi connectivity index (χ1n) is 7.17. The summed E-state index contributed by atoms with van der Waals surface area (Å²) in [6, 6.07) is 5.46. The van der Waals surface area contributed by atoms with Crippen molar-refractivity contribution in [2.24, 2.45) is 11.7 Å². The van der Waals surface area contributed by atoms with E-state index in [1.807, 2.05) is 18.5 Å². The highest BCUT2D eigenvalue weighted by Crippen LogP contribution is 2.40. The van der Waals surface area contributed by atoms with Crippen molar-refractivity contribution in [2.45, 2.75) is 50.7 Å². The van der Waals surface area contributed by atoms with Crippen molar-refractivity contribution in [2.75, 3.05) is 6.54 Å². The molecule has 2 saturated carbocycles. The molecule has 2 unspecified atom stereocenters. The number of aromatic nitrogens is 1. The van der Waals surface area contributed by atoms with Crippen LogP contribution in [0.15, 0.2) is 24.5 Å². The minimum Gasteiger partial charge on any atom is -0.326 e. The molecule has 1 heterocycles. The summed E-state index contributed by atoms with van der Waals surface area (Å²) in [6.45, 7) is 3.35. The van der Waals surface area contributed by atoms with Crippen LogP contribution in [-0.2, 0) is 0 Å². The number of hydrogen-bond donors (Lipinski definition) is 1. The van der Waals surface area contributed by atoms with Gasteiger partial charge in [-0.15, -0.1) is 0 Å². The molecule has 3 heteroatoms. The molecular formula is C15H23N3. The highest BCUT2D eigenvalue weighted by molar-refractivity contribution is 5.17. The molecule has 1 aromatic heterocycles. The largest absolute Gasteiger partial charge is 0.326 e. The van der Waals surface area contributed by atoms with Gasteiger partial charge in [-0.2, -0.15) is 0 Å². The fourth-order valence-electron chi connectivity index (χ4n) is 2.84. The third-order valence-corrected chi connectivity index (χ3v) is 4.06. The van der Waals surface area contributed by atoms with Crippen molar-refractivity contribution < 1.29 is 0 Å². The average molecular weight is 245 g/mol. The zero-order valence-electron chi connectivity index (χ0n) is 11.1. The fourth-order valence-corrected chi connectivity index (χ4v) is 2.84. The van der Waals surface area contributed by atoms with Crippen LogP contribution in [0.1, 0.15) is 44.2 Å². The van der Waals surface area contributed by atoms with Gasteiger partial charge in [-0.1, -0.05) is 6.07 Å². The van der Waals surface area contributed by atoms with Crippen molar-refractivity contribution >= 4 is 0 Å². The third kappa shape index (κ3) is 2.73. The summed E-state index contributed by atoms with van der Waals surface area (Å²) in [4.78, 5) is 6.91. The van der Waals surface area contributed by atoms with E-state index in [2.05, 4.69) is 22.9 Å². The van der Waals surface area contributed by atoms with E-state index in [1.54, 1.807) is 0 Å². The molecule has 98 valence electrons. The summed E-state index contributed by atoms with van der Waals surface area (Å²) in [5.41, 5.74) is 7.54. The van der Waals surface area contributed by atoms with Gasteiger partial charge in [0.05, 0.1) is 6.04 Å². The van der Waals surface area contributed by atoms with Crippen molar-refractivity contribution in [3.8, 4) is 0 Å². The van der Waals surface area contributed by atoms with Gasteiger partial charge in [0.15, 0.2) is 0 Å². The van der Waals surface area contributed by atoms with E-state index in [4.69, 9.17) is 5.73 Å². The molecule has 1 aromatic rings. The van der Waals surface area contributed by atoms with Gasteiger partial charge in [-0.3, -0.25) is 9.88 Å². The number of nitrogens with two attached hydrogens (primary N) is 1. The summed E-state index contributed by atoms with van der Waals surface area (Å²) < 4.78 is 0. The molecule has 0 radical (unpaired) electrons. The topological polar surface area (TPSA) is 42.1 Å². The average Bonchev–Trinajstić information content (AvgIpc) is 3.23. The van der Waals surface area contributed by atoms with Crippen LogP contribution in [0.3, 0.4) is 0 Å². The zero-order valence-corrected chi connectivity index (χ0v) is 11.1. The summed E-state index contributed by atoms with van der Waals surface area (Å²) in [5, 5.41) is 0. The Hall–Kier alpha value is -0.930. The fraction of sp³-hybridized carbons (Fsp3) is 0.667. The van der Waals surface area contributed by atoms with E-state index in [1.165, 1.54) is 37.8 Å². The van der Waals surface area contributed by atoms with Crippen molar-refractivity contribution in [3.05, 3.63) is 30.1 Å². The minimum atomic E-state index is 0.161. The van der Waals surface area contributed by atoms with E-state index >= 15 is 0 Å². The summed E-state index contributed by atoms with van der Waals surface area (Å²) in [7, 11) is 0. The van der Waals surface area contributed by atoms with Crippen molar-refractivity contribution in [1.29, 1.82) is 0 Å². The minimum absolute atomic E-state index is 0.161. The van der Waals surface area contributed by atoms with Crippen LogP contribution in [0.2, 0.25) is 0 Å². The molecule has 2 N–H and O–H groups in total. The SMILES string of the molecule is CC(N)C(c1cccnc1)N(CC1CC1)C1CC1. The highest BCUT2D eigenvalue weighted by atomic mass is 15.2. The molecule has 0 bridgehead atoms. The molecule has 0 aromatic carbocycles. The number of nitrogens with zero attached hydrogens (tertiary/aromatic N) is 2. The predicted octanol–water partition coefficient (Wildman–Crippen LogP) is 2.34. The van der Waals surface area contributed by atoms with Gasteiger partial charge in [0.1, 0.15) is 0 Å². The van der Waals surface area contributed by atoms with E-state index in [9.17, 15) is 0 Å². The molecular weight excluding hydrogens is 222 g/mol. The molecule has 2 atom stereocenters. The van der Waals surface area contributed by atoms with Gasteiger partial charge >= 0.3 is 0 Å². The second-order valence-corrected chi connectivity index (χ2v) is 5.96. The maximum atomic E-state index is 6.26. The Morgan fingerprint density at radius 1 is 1.39 bits per heavy atom. The Kier molecular flexibility index (Phi) is 3.35. The first-order chi connectivity index (χ1) is 8.75. The van der Waals surface area contributed by atoms with Crippen LogP contribution in [0.4, 0.5) is 0 Å². The van der Waals surface area contributed by atoms with Gasteiger partial charge in [0.2, 0.25) is 0 Å². The monoisotopic (exact) mass is 245 g/mol. The molecule has 0 amide bonds. The molecule has 18 heavy (non-hydrogen) atoms. The molecule has 0 saturated heterocycles. The predicted molar refractivity (Wildman–Crippen MR) is 73.1 cm³/mol. The lowest BCUT2D eigenvalue weighted by Gasteiger charge is -2.34. The second kappa shape index (κ2) is 4.98. The number of pyridine rings is 1. The summed E-state index contributed by atoms with van der Waals surface area (Å²) in [5.74, 6) is 0.920. The molecule has 2 aliphatic rings. The van der Waals surface area contributed by atoms with Crippen molar-refractivity contribution in [1.82, 2.24) is 9.88 Å². The maximum absolute atomic E-state index is 6.26. The number of hydrogen-bond acceptors (Lipinski definition) is 3. The van der Waals surface area contributed by atoms with E-state index in [-0.39, 0.29) is 6.04 Å². The molecule has 2 fully saturated rings. The maximum Gasteiger partial charge on any atom is 0.0514 e. The van der Waals surface area contributed by atoms with E-state index in [0.717, 1.165) is 12.0 Å².